The van der Waals surface area contributed by atoms with Gasteiger partial charge in [-0.3, -0.25) is 9.67 Å². The molecule has 2 aromatic rings. The molecule has 2 heterocycles. The summed E-state index contributed by atoms with van der Waals surface area (Å²) in [7, 11) is 0. The van der Waals surface area contributed by atoms with Gasteiger partial charge in [-0.05, 0) is 34.5 Å². The zero-order valence-corrected chi connectivity index (χ0v) is 11.6. The van der Waals surface area contributed by atoms with Crippen molar-refractivity contribution in [3.05, 3.63) is 46.2 Å². The summed E-state index contributed by atoms with van der Waals surface area (Å²) < 4.78 is 16.2. The van der Waals surface area contributed by atoms with E-state index in [1.807, 2.05) is 6.92 Å². The molecule has 96 valence electrons. The van der Waals surface area contributed by atoms with E-state index in [2.05, 4.69) is 26.0 Å². The Morgan fingerprint density at radius 1 is 1.56 bits per heavy atom. The lowest BCUT2D eigenvalue weighted by Crippen LogP contribution is -2.20. The van der Waals surface area contributed by atoms with Gasteiger partial charge >= 0.3 is 0 Å². The van der Waals surface area contributed by atoms with Crippen LogP contribution in [0.3, 0.4) is 0 Å². The quantitative estimate of drug-likeness (QED) is 0.944. The van der Waals surface area contributed by atoms with Crippen LogP contribution in [-0.2, 0) is 6.54 Å². The van der Waals surface area contributed by atoms with E-state index in [0.29, 0.717) is 0 Å². The van der Waals surface area contributed by atoms with Crippen LogP contribution in [0.25, 0.3) is 0 Å². The second-order valence-electron chi connectivity index (χ2n) is 3.95. The van der Waals surface area contributed by atoms with Crippen molar-refractivity contribution in [3.8, 4) is 0 Å². The predicted octanol–water partition coefficient (Wildman–Crippen LogP) is 2.64. The van der Waals surface area contributed by atoms with Crippen LogP contribution in [0.1, 0.15) is 30.8 Å². The fraction of sp³-hybridized carbons (Fsp3) is 0.333. The van der Waals surface area contributed by atoms with Crippen LogP contribution in [0, 0.1) is 5.82 Å². The van der Waals surface area contributed by atoms with Gasteiger partial charge in [-0.2, -0.15) is 5.10 Å². The van der Waals surface area contributed by atoms with Crippen LogP contribution >= 0.6 is 15.9 Å². The molecule has 0 aliphatic carbocycles. The molecule has 18 heavy (non-hydrogen) atoms. The van der Waals surface area contributed by atoms with Crippen molar-refractivity contribution in [2.75, 3.05) is 0 Å². The van der Waals surface area contributed by atoms with Crippen LogP contribution in [0.2, 0.25) is 0 Å². The molecule has 0 aromatic carbocycles. The van der Waals surface area contributed by atoms with Crippen LogP contribution < -0.4 is 5.73 Å². The Bertz CT molecular complexity index is 541. The molecule has 0 fully saturated rings. The first-order valence-electron chi connectivity index (χ1n) is 5.72. The zero-order valence-electron chi connectivity index (χ0n) is 9.98. The van der Waals surface area contributed by atoms with Gasteiger partial charge in [0.1, 0.15) is 5.82 Å². The molecule has 0 aliphatic rings. The Kier molecular flexibility index (Phi) is 4.08. The van der Waals surface area contributed by atoms with Gasteiger partial charge in [-0.25, -0.2) is 4.39 Å². The molecule has 0 amide bonds. The highest BCUT2D eigenvalue weighted by Gasteiger charge is 2.21. The van der Waals surface area contributed by atoms with Crippen molar-refractivity contribution < 1.29 is 4.39 Å². The summed E-state index contributed by atoms with van der Waals surface area (Å²) in [6.45, 7) is 2.79. The smallest absolute Gasteiger partial charge is 0.146 e. The normalized spacial score (nSPS) is 12.7. The molecule has 0 radical (unpaired) electrons. The fourth-order valence-electron chi connectivity index (χ4n) is 1.83. The third-order valence-corrected chi connectivity index (χ3v) is 3.26. The van der Waals surface area contributed by atoms with E-state index in [1.54, 1.807) is 16.9 Å². The lowest BCUT2D eigenvalue weighted by atomic mass is 10.1. The Balaban J connectivity index is 2.42. The molecule has 2 rings (SSSR count). The van der Waals surface area contributed by atoms with E-state index in [1.165, 1.54) is 12.3 Å². The minimum atomic E-state index is -0.630. The Labute approximate surface area is 113 Å². The standard InChI is InChI=1S/C12H14BrFN4/c1-2-6-18-12(8(13)7-17-18)10(15)11-9(14)4-3-5-16-11/h3-5,7,10H,2,6,15H2,1H3. The van der Waals surface area contributed by atoms with Gasteiger partial charge < -0.3 is 5.73 Å². The lowest BCUT2D eigenvalue weighted by molar-refractivity contribution is 0.536. The number of nitrogens with zero attached hydrogens (tertiary/aromatic N) is 3. The van der Waals surface area contributed by atoms with E-state index in [9.17, 15) is 4.39 Å². The summed E-state index contributed by atoms with van der Waals surface area (Å²) in [6, 6.07) is 2.27. The average Bonchev–Trinajstić information content (AvgIpc) is 2.71. The maximum atomic E-state index is 13.7. The Hall–Kier alpha value is -1.27. The number of rotatable bonds is 4. The number of nitrogens with two attached hydrogens (primary N) is 1. The number of halogens is 2. The SMILES string of the molecule is CCCn1ncc(Br)c1C(N)c1ncccc1F. The number of hydrogen-bond acceptors (Lipinski definition) is 3. The largest absolute Gasteiger partial charge is 0.318 e. The highest BCUT2D eigenvalue weighted by molar-refractivity contribution is 9.10. The minimum absolute atomic E-state index is 0.232. The second kappa shape index (κ2) is 5.58. The molecule has 2 aromatic heterocycles. The maximum Gasteiger partial charge on any atom is 0.146 e. The maximum absolute atomic E-state index is 13.7. The molecule has 1 unspecified atom stereocenters. The van der Waals surface area contributed by atoms with Crippen LogP contribution in [0.15, 0.2) is 29.0 Å². The van der Waals surface area contributed by atoms with E-state index in [-0.39, 0.29) is 5.69 Å². The summed E-state index contributed by atoms with van der Waals surface area (Å²) in [5.74, 6) is -0.402. The van der Waals surface area contributed by atoms with Crippen molar-refractivity contribution in [2.24, 2.45) is 5.73 Å². The first-order valence-corrected chi connectivity index (χ1v) is 6.51. The third kappa shape index (κ3) is 2.44. The fourth-order valence-corrected chi connectivity index (χ4v) is 2.37. The minimum Gasteiger partial charge on any atom is -0.318 e. The molecule has 0 saturated heterocycles. The topological polar surface area (TPSA) is 56.7 Å². The number of aryl methyl sites for hydroxylation is 1. The molecule has 4 nitrogen and oxygen atoms in total. The third-order valence-electron chi connectivity index (χ3n) is 2.64. The molecule has 2 N–H and O–H groups in total. The first-order chi connectivity index (χ1) is 8.65. The number of aromatic nitrogens is 3. The molecule has 0 saturated carbocycles. The second-order valence-corrected chi connectivity index (χ2v) is 4.80. The molecular formula is C12H14BrFN4. The highest BCUT2D eigenvalue weighted by Crippen LogP contribution is 2.27. The van der Waals surface area contributed by atoms with E-state index in [4.69, 9.17) is 5.73 Å². The van der Waals surface area contributed by atoms with Crippen LogP contribution in [-0.4, -0.2) is 14.8 Å². The van der Waals surface area contributed by atoms with Crippen molar-refractivity contribution in [3.63, 3.8) is 0 Å². The van der Waals surface area contributed by atoms with Crippen molar-refractivity contribution in [1.29, 1.82) is 0 Å². The molecule has 0 bridgehead atoms. The summed E-state index contributed by atoms with van der Waals surface area (Å²) in [5, 5.41) is 4.22. The van der Waals surface area contributed by atoms with Gasteiger partial charge in [-0.1, -0.05) is 6.92 Å². The summed E-state index contributed by atoms with van der Waals surface area (Å²) in [4.78, 5) is 4.01. The van der Waals surface area contributed by atoms with Gasteiger partial charge in [0.25, 0.3) is 0 Å². The van der Waals surface area contributed by atoms with Crippen molar-refractivity contribution in [2.45, 2.75) is 25.9 Å². The number of pyridine rings is 1. The van der Waals surface area contributed by atoms with Gasteiger partial charge in [0.05, 0.1) is 28.1 Å². The lowest BCUT2D eigenvalue weighted by Gasteiger charge is -2.14. The monoisotopic (exact) mass is 312 g/mol. The molecule has 6 heteroatoms. The summed E-state index contributed by atoms with van der Waals surface area (Å²) >= 11 is 3.40. The average molecular weight is 313 g/mol. The molecule has 0 aliphatic heterocycles. The van der Waals surface area contributed by atoms with E-state index in [0.717, 1.165) is 23.1 Å². The van der Waals surface area contributed by atoms with Crippen LogP contribution in [0.4, 0.5) is 4.39 Å². The molecule has 1 atom stereocenters. The van der Waals surface area contributed by atoms with E-state index < -0.39 is 11.9 Å². The van der Waals surface area contributed by atoms with Crippen molar-refractivity contribution >= 4 is 15.9 Å². The highest BCUT2D eigenvalue weighted by atomic mass is 79.9. The number of hydrogen-bond donors (Lipinski definition) is 1. The predicted molar refractivity (Wildman–Crippen MR) is 70.4 cm³/mol. The Morgan fingerprint density at radius 3 is 3.00 bits per heavy atom. The van der Waals surface area contributed by atoms with Gasteiger partial charge in [0.2, 0.25) is 0 Å². The first kappa shape index (κ1) is 13.2. The molecule has 0 spiro atoms. The van der Waals surface area contributed by atoms with Gasteiger partial charge in [0, 0.05) is 12.7 Å². The van der Waals surface area contributed by atoms with Crippen molar-refractivity contribution in [1.82, 2.24) is 14.8 Å². The summed E-state index contributed by atoms with van der Waals surface area (Å²) in [5.41, 5.74) is 7.08. The van der Waals surface area contributed by atoms with Gasteiger partial charge in [-0.15, -0.1) is 0 Å². The molecular weight excluding hydrogens is 299 g/mol. The Morgan fingerprint density at radius 2 is 2.33 bits per heavy atom. The van der Waals surface area contributed by atoms with E-state index >= 15 is 0 Å². The summed E-state index contributed by atoms with van der Waals surface area (Å²) in [6.07, 6.45) is 4.14. The van der Waals surface area contributed by atoms with Crippen LogP contribution in [0.5, 0.6) is 0 Å². The zero-order chi connectivity index (χ0) is 13.1. The van der Waals surface area contributed by atoms with Gasteiger partial charge in [0.15, 0.2) is 0 Å².